The van der Waals surface area contributed by atoms with E-state index in [0.29, 0.717) is 6.07 Å². The number of hydrogen-bond donors (Lipinski definition) is 1. The summed E-state index contributed by atoms with van der Waals surface area (Å²) in [6.45, 7) is -0.132. The second-order valence-electron chi connectivity index (χ2n) is 4.46. The van der Waals surface area contributed by atoms with Crippen LogP contribution in [0.1, 0.15) is 10.4 Å². The van der Waals surface area contributed by atoms with Gasteiger partial charge in [-0.15, -0.1) is 0 Å². The predicted molar refractivity (Wildman–Crippen MR) is 66.9 cm³/mol. The molecule has 0 aromatic heterocycles. The fraction of sp³-hybridized carbons (Fsp3) is 0.364. The third-order valence-corrected chi connectivity index (χ3v) is 4.24. The van der Waals surface area contributed by atoms with Gasteiger partial charge in [-0.1, -0.05) is 0 Å². The van der Waals surface area contributed by atoms with Crippen LogP contribution in [-0.4, -0.2) is 49.7 Å². The summed E-state index contributed by atoms with van der Waals surface area (Å²) in [4.78, 5) is 13.2. The van der Waals surface area contributed by atoms with Crippen LogP contribution in [0.3, 0.4) is 0 Å². The van der Waals surface area contributed by atoms with Crippen LogP contribution >= 0.6 is 0 Å². The number of carbonyl (C=O) groups excluding carboxylic acids is 1. The minimum Gasteiger partial charge on any atom is -0.336 e. The number of rotatable bonds is 2. The van der Waals surface area contributed by atoms with E-state index < -0.39 is 39.1 Å². The second kappa shape index (κ2) is 5.62. The molecule has 10 heteroatoms. The Hall–Kier alpha value is -1.65. The highest BCUT2D eigenvalue weighted by molar-refractivity contribution is 7.86. The molecule has 1 heterocycles. The monoisotopic (exact) mass is 323 g/mol. The van der Waals surface area contributed by atoms with Crippen LogP contribution in [0.4, 0.5) is 13.2 Å². The third kappa shape index (κ3) is 3.17. The van der Waals surface area contributed by atoms with Crippen molar-refractivity contribution in [3.05, 3.63) is 35.1 Å². The SMILES string of the molecule is NS(=O)(=O)N1CCN(C(=O)c2ccc(F)c(F)c2F)CC1. The van der Waals surface area contributed by atoms with Crippen LogP contribution in [0.2, 0.25) is 0 Å². The minimum atomic E-state index is -3.85. The van der Waals surface area contributed by atoms with E-state index in [1.807, 2.05) is 0 Å². The Morgan fingerprint density at radius 1 is 1.05 bits per heavy atom. The van der Waals surface area contributed by atoms with Gasteiger partial charge in [0.15, 0.2) is 17.5 Å². The van der Waals surface area contributed by atoms with Crippen molar-refractivity contribution in [2.45, 2.75) is 0 Å². The molecule has 0 atom stereocenters. The highest BCUT2D eigenvalue weighted by Crippen LogP contribution is 2.18. The molecule has 0 aliphatic carbocycles. The zero-order valence-corrected chi connectivity index (χ0v) is 11.5. The number of nitrogens with two attached hydrogens (primary N) is 1. The number of carbonyl (C=O) groups is 1. The van der Waals surface area contributed by atoms with E-state index in [1.165, 1.54) is 0 Å². The lowest BCUT2D eigenvalue weighted by molar-refractivity contribution is 0.0691. The zero-order chi connectivity index (χ0) is 15.8. The van der Waals surface area contributed by atoms with Gasteiger partial charge < -0.3 is 4.90 Å². The Morgan fingerprint density at radius 3 is 2.14 bits per heavy atom. The second-order valence-corrected chi connectivity index (χ2v) is 6.01. The van der Waals surface area contributed by atoms with E-state index in [1.54, 1.807) is 0 Å². The fourth-order valence-corrected chi connectivity index (χ4v) is 2.68. The molecule has 1 saturated heterocycles. The summed E-state index contributed by atoms with van der Waals surface area (Å²) < 4.78 is 62.7. The van der Waals surface area contributed by atoms with Gasteiger partial charge in [0.1, 0.15) is 0 Å². The van der Waals surface area contributed by atoms with Crippen molar-refractivity contribution in [3.63, 3.8) is 0 Å². The Bertz CT molecular complexity index is 673. The normalized spacial score (nSPS) is 17.0. The Kier molecular flexibility index (Phi) is 4.21. The number of piperazine rings is 1. The van der Waals surface area contributed by atoms with Gasteiger partial charge in [-0.2, -0.15) is 12.7 Å². The minimum absolute atomic E-state index is 0.0201. The standard InChI is InChI=1S/C11H12F3N3O3S/c12-8-2-1-7(9(13)10(8)14)11(18)16-3-5-17(6-4-16)21(15,19)20/h1-2H,3-6H2,(H2,15,19,20). The van der Waals surface area contributed by atoms with Gasteiger partial charge in [0, 0.05) is 26.2 Å². The molecule has 1 amide bonds. The fourth-order valence-electron chi connectivity index (χ4n) is 2.01. The molecule has 0 unspecified atom stereocenters. The molecule has 1 aromatic carbocycles. The summed E-state index contributed by atoms with van der Waals surface area (Å²) in [6.07, 6.45) is 0. The van der Waals surface area contributed by atoms with E-state index in [4.69, 9.17) is 5.14 Å². The molecule has 1 aliphatic rings. The summed E-state index contributed by atoms with van der Waals surface area (Å²) in [5.74, 6) is -5.50. The molecule has 6 nitrogen and oxygen atoms in total. The Labute approximate surface area is 119 Å². The lowest BCUT2D eigenvalue weighted by atomic mass is 10.1. The highest BCUT2D eigenvalue weighted by Gasteiger charge is 2.29. The quantitative estimate of drug-likeness (QED) is 0.782. The van der Waals surface area contributed by atoms with Crippen LogP contribution in [0.5, 0.6) is 0 Å². The van der Waals surface area contributed by atoms with E-state index in [2.05, 4.69) is 0 Å². The van der Waals surface area contributed by atoms with Crippen LogP contribution in [-0.2, 0) is 10.2 Å². The predicted octanol–water partition coefficient (Wildman–Crippen LogP) is 0.0652. The van der Waals surface area contributed by atoms with Crippen molar-refractivity contribution in [1.29, 1.82) is 0 Å². The van der Waals surface area contributed by atoms with Crippen molar-refractivity contribution in [2.24, 2.45) is 5.14 Å². The molecule has 1 fully saturated rings. The molecule has 0 spiro atoms. The molecular formula is C11H12F3N3O3S. The van der Waals surface area contributed by atoms with Crippen molar-refractivity contribution >= 4 is 16.1 Å². The number of hydrogen-bond acceptors (Lipinski definition) is 3. The van der Waals surface area contributed by atoms with Crippen LogP contribution < -0.4 is 5.14 Å². The largest absolute Gasteiger partial charge is 0.336 e. The molecule has 2 N–H and O–H groups in total. The maximum absolute atomic E-state index is 13.5. The van der Waals surface area contributed by atoms with Gasteiger partial charge in [-0.05, 0) is 12.1 Å². The van der Waals surface area contributed by atoms with Gasteiger partial charge in [0.25, 0.3) is 16.1 Å². The number of nitrogens with zero attached hydrogens (tertiary/aromatic N) is 2. The average molecular weight is 323 g/mol. The van der Waals surface area contributed by atoms with Gasteiger partial charge in [0.05, 0.1) is 5.56 Å². The average Bonchev–Trinajstić information content (AvgIpc) is 2.43. The summed E-state index contributed by atoms with van der Waals surface area (Å²) >= 11 is 0. The molecule has 116 valence electrons. The molecule has 21 heavy (non-hydrogen) atoms. The van der Waals surface area contributed by atoms with Crippen LogP contribution in [0.15, 0.2) is 12.1 Å². The van der Waals surface area contributed by atoms with Crippen molar-refractivity contribution in [3.8, 4) is 0 Å². The molecule has 2 rings (SSSR count). The van der Waals surface area contributed by atoms with E-state index in [-0.39, 0.29) is 26.2 Å². The van der Waals surface area contributed by atoms with Gasteiger partial charge in [0.2, 0.25) is 0 Å². The molecule has 0 radical (unpaired) electrons. The summed E-state index contributed by atoms with van der Waals surface area (Å²) in [5.41, 5.74) is -0.599. The Balaban J connectivity index is 2.15. The first-order valence-corrected chi connectivity index (χ1v) is 7.43. The van der Waals surface area contributed by atoms with Gasteiger partial charge in [-0.3, -0.25) is 4.79 Å². The lowest BCUT2D eigenvalue weighted by Gasteiger charge is -2.33. The number of halogens is 3. The molecule has 0 bridgehead atoms. The first-order valence-electron chi connectivity index (χ1n) is 5.92. The molecular weight excluding hydrogens is 311 g/mol. The first-order chi connectivity index (χ1) is 9.71. The third-order valence-electron chi connectivity index (χ3n) is 3.15. The van der Waals surface area contributed by atoms with Gasteiger partial charge >= 0.3 is 0 Å². The summed E-state index contributed by atoms with van der Waals surface area (Å²) in [6, 6.07) is 1.51. The van der Waals surface area contributed by atoms with Crippen LogP contribution in [0, 0.1) is 17.5 Å². The van der Waals surface area contributed by atoms with Crippen LogP contribution in [0.25, 0.3) is 0 Å². The molecule has 1 aliphatic heterocycles. The van der Waals surface area contributed by atoms with Gasteiger partial charge in [-0.25, -0.2) is 18.3 Å². The summed E-state index contributed by atoms with van der Waals surface area (Å²) in [5, 5.41) is 4.95. The van der Waals surface area contributed by atoms with Crippen molar-refractivity contribution < 1.29 is 26.4 Å². The first kappa shape index (κ1) is 15.7. The maximum atomic E-state index is 13.5. The van der Waals surface area contributed by atoms with Crippen molar-refractivity contribution in [2.75, 3.05) is 26.2 Å². The Morgan fingerprint density at radius 2 is 1.62 bits per heavy atom. The van der Waals surface area contributed by atoms with E-state index in [0.717, 1.165) is 15.3 Å². The summed E-state index contributed by atoms with van der Waals surface area (Å²) in [7, 11) is -3.85. The van der Waals surface area contributed by atoms with Crippen molar-refractivity contribution in [1.82, 2.24) is 9.21 Å². The van der Waals surface area contributed by atoms with E-state index in [9.17, 15) is 26.4 Å². The molecule has 0 saturated carbocycles. The van der Waals surface area contributed by atoms with E-state index >= 15 is 0 Å². The number of amides is 1. The highest BCUT2D eigenvalue weighted by atomic mass is 32.2. The molecule has 1 aromatic rings. The topological polar surface area (TPSA) is 83.7 Å². The zero-order valence-electron chi connectivity index (χ0n) is 10.7. The smallest absolute Gasteiger partial charge is 0.277 e. The maximum Gasteiger partial charge on any atom is 0.277 e. The number of benzene rings is 1. The lowest BCUT2D eigenvalue weighted by Crippen LogP contribution is -2.52.